The molecule has 5 heteroatoms. The Kier molecular flexibility index (Phi) is 6.09. The van der Waals surface area contributed by atoms with Gasteiger partial charge in [0.15, 0.2) is 0 Å². The molecule has 2 fully saturated rings. The van der Waals surface area contributed by atoms with Crippen LogP contribution in [0.4, 0.5) is 5.69 Å². The Bertz CT molecular complexity index is 1370. The predicted octanol–water partition coefficient (Wildman–Crippen LogP) is 8.04. The molecular weight excluding hydrogens is 494 g/mol. The van der Waals surface area contributed by atoms with Crippen molar-refractivity contribution < 1.29 is 9.84 Å². The summed E-state index contributed by atoms with van der Waals surface area (Å²) in [5, 5.41) is 13.7. The van der Waals surface area contributed by atoms with E-state index in [-0.39, 0.29) is 16.2 Å². The molecule has 1 heterocycles. The van der Waals surface area contributed by atoms with Crippen molar-refractivity contribution in [2.24, 2.45) is 10.8 Å². The van der Waals surface area contributed by atoms with Crippen molar-refractivity contribution in [3.8, 4) is 16.9 Å². The number of ether oxygens (including phenoxy) is 1. The van der Waals surface area contributed by atoms with Crippen molar-refractivity contribution in [1.82, 2.24) is 0 Å². The summed E-state index contributed by atoms with van der Waals surface area (Å²) in [6.45, 7) is 13.0. The molecule has 0 aromatic heterocycles. The Morgan fingerprint density at radius 1 is 0.919 bits per heavy atom. The molecule has 0 atom stereocenters. The van der Waals surface area contributed by atoms with E-state index in [4.69, 9.17) is 4.74 Å². The van der Waals surface area contributed by atoms with Crippen LogP contribution in [0.2, 0.25) is 0 Å². The Hall–Kier alpha value is -1.82. The number of benzene rings is 3. The van der Waals surface area contributed by atoms with Gasteiger partial charge in [-0.25, -0.2) is 0 Å². The van der Waals surface area contributed by atoms with Crippen molar-refractivity contribution in [1.29, 1.82) is 0 Å². The average Bonchev–Trinajstić information content (AvgIpc) is 3.09. The number of hydrogen-bond donors (Lipinski definition) is 2. The summed E-state index contributed by atoms with van der Waals surface area (Å²) in [5.41, 5.74) is 8.22. The number of phenols is 1. The van der Waals surface area contributed by atoms with Gasteiger partial charge in [0.2, 0.25) is 0 Å². The van der Waals surface area contributed by atoms with E-state index in [1.54, 1.807) is 11.8 Å². The minimum absolute atomic E-state index is 0.113. The maximum absolute atomic E-state index is 11.6. The number of thioether (sulfide) groups is 1. The molecule has 3 aromatic rings. The minimum Gasteiger partial charge on any atom is -0.507 e. The van der Waals surface area contributed by atoms with Gasteiger partial charge in [-0.15, -0.1) is 11.8 Å². The van der Waals surface area contributed by atoms with Crippen LogP contribution in [0.3, 0.4) is 0 Å². The summed E-state index contributed by atoms with van der Waals surface area (Å²) >= 11 is 6.40. The van der Waals surface area contributed by atoms with E-state index in [0.29, 0.717) is 5.75 Å². The van der Waals surface area contributed by atoms with Gasteiger partial charge in [-0.1, -0.05) is 45.9 Å². The first-order valence-corrected chi connectivity index (χ1v) is 15.4. The van der Waals surface area contributed by atoms with Crippen molar-refractivity contribution in [2.45, 2.75) is 63.0 Å². The van der Waals surface area contributed by atoms with E-state index in [9.17, 15) is 5.11 Å². The van der Waals surface area contributed by atoms with Crippen molar-refractivity contribution >= 4 is 40.9 Å². The highest BCUT2D eigenvalue weighted by molar-refractivity contribution is 7.98. The molecule has 3 aromatic carbocycles. The Morgan fingerprint density at radius 2 is 1.62 bits per heavy atom. The van der Waals surface area contributed by atoms with Gasteiger partial charge in [0.25, 0.3) is 0 Å². The summed E-state index contributed by atoms with van der Waals surface area (Å²) in [7, 11) is 0. The standard InChI is InChI=1S/C32H39NO2S2/c1-30(2)17-31(3,4)19-32(18-30)24-12-20(16-36)6-7-21(24)29-23-13-26(33-8-10-35-11-9-33)28(37-5)14-22(23)27(34)15-25(29)32/h6-7,12-15,34,36H,8-11,16-19H2,1-5H3. The van der Waals surface area contributed by atoms with E-state index >= 15 is 0 Å². The molecule has 1 spiro atoms. The Labute approximate surface area is 231 Å². The minimum atomic E-state index is -0.113. The number of anilines is 1. The van der Waals surface area contributed by atoms with Gasteiger partial charge in [0.05, 0.1) is 18.9 Å². The summed E-state index contributed by atoms with van der Waals surface area (Å²) in [6.07, 6.45) is 5.51. The van der Waals surface area contributed by atoms with E-state index in [1.807, 2.05) is 0 Å². The molecule has 1 N–H and O–H groups in total. The summed E-state index contributed by atoms with van der Waals surface area (Å²) < 4.78 is 5.66. The van der Waals surface area contributed by atoms with Gasteiger partial charge in [-0.05, 0) is 87.8 Å². The second kappa shape index (κ2) is 8.86. The first kappa shape index (κ1) is 25.5. The third kappa shape index (κ3) is 4.08. The van der Waals surface area contributed by atoms with Gasteiger partial charge in [-0.2, -0.15) is 12.6 Å². The summed E-state index contributed by atoms with van der Waals surface area (Å²) in [6, 6.07) is 13.7. The van der Waals surface area contributed by atoms with Crippen molar-refractivity contribution in [3.63, 3.8) is 0 Å². The van der Waals surface area contributed by atoms with Crippen LogP contribution >= 0.6 is 24.4 Å². The lowest BCUT2D eigenvalue weighted by atomic mass is 9.52. The molecule has 1 saturated carbocycles. The highest BCUT2D eigenvalue weighted by Crippen LogP contribution is 2.65. The van der Waals surface area contributed by atoms with E-state index in [2.05, 4.69) is 87.9 Å². The maximum atomic E-state index is 11.6. The average molecular weight is 534 g/mol. The third-order valence-corrected chi connectivity index (χ3v) is 9.98. The largest absolute Gasteiger partial charge is 0.507 e. The number of aromatic hydroxyl groups is 1. The zero-order chi connectivity index (χ0) is 26.2. The molecule has 196 valence electrons. The van der Waals surface area contributed by atoms with E-state index in [1.165, 1.54) is 50.2 Å². The van der Waals surface area contributed by atoms with Crippen LogP contribution in [0.5, 0.6) is 5.75 Å². The molecular formula is C32H39NO2S2. The molecule has 37 heavy (non-hydrogen) atoms. The van der Waals surface area contributed by atoms with Crippen LogP contribution in [0.15, 0.2) is 41.3 Å². The second-order valence-electron chi connectivity index (χ2n) is 13.0. The fourth-order valence-electron chi connectivity index (χ4n) is 8.25. The zero-order valence-electron chi connectivity index (χ0n) is 22.8. The molecule has 0 unspecified atom stereocenters. The van der Waals surface area contributed by atoms with Crippen LogP contribution in [0.25, 0.3) is 21.9 Å². The molecule has 6 rings (SSSR count). The Balaban J connectivity index is 1.68. The number of thiol groups is 1. The van der Waals surface area contributed by atoms with Crippen molar-refractivity contribution in [3.05, 3.63) is 53.1 Å². The third-order valence-electron chi connectivity index (χ3n) is 8.85. The maximum Gasteiger partial charge on any atom is 0.123 e. The lowest BCUT2D eigenvalue weighted by Crippen LogP contribution is -2.44. The zero-order valence-corrected chi connectivity index (χ0v) is 24.5. The number of fused-ring (bicyclic) bond motifs is 7. The molecule has 1 aliphatic heterocycles. The van der Waals surface area contributed by atoms with Gasteiger partial charge < -0.3 is 14.7 Å². The number of nitrogens with zero attached hydrogens (tertiary/aromatic N) is 1. The van der Waals surface area contributed by atoms with Crippen LogP contribution in [0, 0.1) is 10.8 Å². The molecule has 0 bridgehead atoms. The smallest absolute Gasteiger partial charge is 0.123 e. The number of morpholine rings is 1. The normalized spacial score (nSPS) is 21.3. The number of hydrogen-bond acceptors (Lipinski definition) is 5. The molecule has 3 nitrogen and oxygen atoms in total. The topological polar surface area (TPSA) is 32.7 Å². The van der Waals surface area contributed by atoms with Crippen molar-refractivity contribution in [2.75, 3.05) is 37.5 Å². The fraction of sp³-hybridized carbons (Fsp3) is 0.500. The first-order chi connectivity index (χ1) is 17.6. The SMILES string of the molecule is CSc1cc2c(O)cc3c(c2cc1N1CCOCC1)-c1ccc(CS)cc1C31CC(C)(C)CC(C)(C)C1. The van der Waals surface area contributed by atoms with Gasteiger partial charge in [-0.3, -0.25) is 0 Å². The highest BCUT2D eigenvalue weighted by atomic mass is 32.2. The van der Waals surface area contributed by atoms with Gasteiger partial charge >= 0.3 is 0 Å². The van der Waals surface area contributed by atoms with Crippen LogP contribution in [0.1, 0.15) is 63.6 Å². The lowest BCUT2D eigenvalue weighted by molar-refractivity contribution is 0.0645. The molecule has 3 aliphatic rings. The second-order valence-corrected chi connectivity index (χ2v) is 14.1. The van der Waals surface area contributed by atoms with Crippen LogP contribution < -0.4 is 4.90 Å². The molecule has 1 saturated heterocycles. The first-order valence-electron chi connectivity index (χ1n) is 13.5. The Morgan fingerprint density at radius 3 is 2.27 bits per heavy atom. The van der Waals surface area contributed by atoms with Crippen LogP contribution in [-0.2, 0) is 15.9 Å². The van der Waals surface area contributed by atoms with Gasteiger partial charge in [0.1, 0.15) is 5.75 Å². The van der Waals surface area contributed by atoms with E-state index < -0.39 is 0 Å². The fourth-order valence-corrected chi connectivity index (χ4v) is 9.08. The van der Waals surface area contributed by atoms with Gasteiger partial charge in [0, 0.05) is 34.5 Å². The summed E-state index contributed by atoms with van der Waals surface area (Å²) in [5.74, 6) is 1.14. The predicted molar refractivity (Wildman–Crippen MR) is 161 cm³/mol. The van der Waals surface area contributed by atoms with E-state index in [0.717, 1.165) is 50.3 Å². The number of phenolic OH excluding ortho intramolecular Hbond substituents is 1. The quantitative estimate of drug-likeness (QED) is 0.264. The molecule has 2 aliphatic carbocycles. The monoisotopic (exact) mass is 533 g/mol. The molecule has 0 amide bonds. The lowest BCUT2D eigenvalue weighted by Gasteiger charge is -2.52. The summed E-state index contributed by atoms with van der Waals surface area (Å²) in [4.78, 5) is 3.66. The van der Waals surface area contributed by atoms with Crippen LogP contribution in [-0.4, -0.2) is 37.7 Å². The molecule has 0 radical (unpaired) electrons. The number of rotatable bonds is 3. The highest BCUT2D eigenvalue weighted by Gasteiger charge is 2.53.